The van der Waals surface area contributed by atoms with Gasteiger partial charge in [0.2, 0.25) is 0 Å². The van der Waals surface area contributed by atoms with Gasteiger partial charge in [-0.2, -0.15) is 0 Å². The van der Waals surface area contributed by atoms with Gasteiger partial charge in [0.25, 0.3) is 0 Å². The zero-order valence-corrected chi connectivity index (χ0v) is 10.0. The van der Waals surface area contributed by atoms with Crippen molar-refractivity contribution in [2.75, 3.05) is 24.5 Å². The van der Waals surface area contributed by atoms with E-state index in [2.05, 4.69) is 34.3 Å². The molecule has 3 nitrogen and oxygen atoms in total. The number of rotatable bonds is 5. The van der Waals surface area contributed by atoms with Gasteiger partial charge in [0, 0.05) is 25.3 Å². The number of hydrogen-bond donors (Lipinski definition) is 1. The van der Waals surface area contributed by atoms with Gasteiger partial charge in [0.05, 0.1) is 0 Å². The van der Waals surface area contributed by atoms with Crippen LogP contribution in [0.2, 0.25) is 0 Å². The molecule has 2 heterocycles. The lowest BCUT2D eigenvalue weighted by atomic mass is 10.2. The summed E-state index contributed by atoms with van der Waals surface area (Å²) in [4.78, 5) is 6.87. The van der Waals surface area contributed by atoms with Gasteiger partial charge in [-0.25, -0.2) is 4.98 Å². The maximum absolute atomic E-state index is 4.44. The number of pyridine rings is 1. The number of aromatic nitrogens is 1. The van der Waals surface area contributed by atoms with Crippen LogP contribution in [0.15, 0.2) is 24.4 Å². The van der Waals surface area contributed by atoms with Crippen LogP contribution in [0.4, 0.5) is 5.82 Å². The second kappa shape index (κ2) is 5.85. The summed E-state index contributed by atoms with van der Waals surface area (Å²) in [6.45, 7) is 5.56. The highest BCUT2D eigenvalue weighted by Gasteiger charge is 2.24. The zero-order chi connectivity index (χ0) is 11.2. The molecule has 0 saturated carbocycles. The Morgan fingerprint density at radius 2 is 2.44 bits per heavy atom. The Morgan fingerprint density at radius 1 is 1.50 bits per heavy atom. The maximum Gasteiger partial charge on any atom is 0.128 e. The first-order chi connectivity index (χ1) is 7.92. The van der Waals surface area contributed by atoms with Gasteiger partial charge in [0.1, 0.15) is 5.82 Å². The van der Waals surface area contributed by atoms with Crippen molar-refractivity contribution < 1.29 is 0 Å². The normalized spacial score (nSPS) is 20.3. The molecule has 1 unspecified atom stereocenters. The Morgan fingerprint density at radius 3 is 3.19 bits per heavy atom. The van der Waals surface area contributed by atoms with Gasteiger partial charge in [0.15, 0.2) is 0 Å². The van der Waals surface area contributed by atoms with E-state index in [1.165, 1.54) is 19.3 Å². The molecule has 16 heavy (non-hydrogen) atoms. The minimum atomic E-state index is 0.626. The van der Waals surface area contributed by atoms with E-state index in [0.29, 0.717) is 6.04 Å². The molecule has 1 aliphatic rings. The Hall–Kier alpha value is -1.09. The quantitative estimate of drug-likeness (QED) is 0.768. The Balaban J connectivity index is 1.93. The molecule has 0 bridgehead atoms. The highest BCUT2D eigenvalue weighted by Crippen LogP contribution is 2.22. The third kappa shape index (κ3) is 2.73. The molecule has 0 aromatic carbocycles. The van der Waals surface area contributed by atoms with Gasteiger partial charge in [-0.15, -0.1) is 0 Å². The summed E-state index contributed by atoms with van der Waals surface area (Å²) >= 11 is 0. The van der Waals surface area contributed by atoms with Crippen LogP contribution in [0.1, 0.15) is 26.2 Å². The lowest BCUT2D eigenvalue weighted by Crippen LogP contribution is -2.38. The van der Waals surface area contributed by atoms with Crippen LogP contribution in [-0.4, -0.2) is 30.7 Å². The fourth-order valence-corrected chi connectivity index (χ4v) is 2.32. The first-order valence-corrected chi connectivity index (χ1v) is 6.30. The molecule has 1 aromatic rings. The van der Waals surface area contributed by atoms with Crippen molar-refractivity contribution in [2.24, 2.45) is 0 Å². The molecule has 3 heteroatoms. The van der Waals surface area contributed by atoms with Gasteiger partial charge in [-0.05, 0) is 37.9 Å². The predicted octanol–water partition coefficient (Wildman–Crippen LogP) is 2.05. The minimum absolute atomic E-state index is 0.626. The third-order valence-corrected chi connectivity index (χ3v) is 3.13. The van der Waals surface area contributed by atoms with Crippen molar-refractivity contribution in [1.82, 2.24) is 10.3 Å². The summed E-state index contributed by atoms with van der Waals surface area (Å²) in [7, 11) is 0. The summed E-state index contributed by atoms with van der Waals surface area (Å²) < 4.78 is 0. The van der Waals surface area contributed by atoms with Crippen LogP contribution in [0.5, 0.6) is 0 Å². The molecule has 1 aliphatic heterocycles. The van der Waals surface area contributed by atoms with Gasteiger partial charge in [-0.1, -0.05) is 13.0 Å². The van der Waals surface area contributed by atoms with E-state index in [0.717, 1.165) is 25.5 Å². The third-order valence-electron chi connectivity index (χ3n) is 3.13. The van der Waals surface area contributed by atoms with E-state index >= 15 is 0 Å². The van der Waals surface area contributed by atoms with Crippen molar-refractivity contribution >= 4 is 5.82 Å². The van der Waals surface area contributed by atoms with E-state index < -0.39 is 0 Å². The van der Waals surface area contributed by atoms with Gasteiger partial charge in [-0.3, -0.25) is 0 Å². The molecule has 2 rings (SSSR count). The molecular weight excluding hydrogens is 198 g/mol. The summed E-state index contributed by atoms with van der Waals surface area (Å²) in [5, 5.41) is 3.51. The fourth-order valence-electron chi connectivity index (χ4n) is 2.32. The smallest absolute Gasteiger partial charge is 0.128 e. The van der Waals surface area contributed by atoms with Crippen LogP contribution < -0.4 is 10.2 Å². The van der Waals surface area contributed by atoms with Crippen molar-refractivity contribution in [3.05, 3.63) is 24.4 Å². The van der Waals surface area contributed by atoms with Crippen LogP contribution >= 0.6 is 0 Å². The van der Waals surface area contributed by atoms with E-state index in [9.17, 15) is 0 Å². The first kappa shape index (κ1) is 11.4. The van der Waals surface area contributed by atoms with Crippen molar-refractivity contribution in [3.8, 4) is 0 Å². The molecule has 1 N–H and O–H groups in total. The Kier molecular flexibility index (Phi) is 4.17. The predicted molar refractivity (Wildman–Crippen MR) is 67.8 cm³/mol. The number of anilines is 1. The monoisotopic (exact) mass is 219 g/mol. The average Bonchev–Trinajstić information content (AvgIpc) is 2.79. The zero-order valence-electron chi connectivity index (χ0n) is 10.0. The highest BCUT2D eigenvalue weighted by atomic mass is 15.2. The summed E-state index contributed by atoms with van der Waals surface area (Å²) in [6.07, 6.45) is 5.66. The van der Waals surface area contributed by atoms with Crippen LogP contribution in [0.25, 0.3) is 0 Å². The first-order valence-electron chi connectivity index (χ1n) is 6.30. The summed E-state index contributed by atoms with van der Waals surface area (Å²) in [5.74, 6) is 1.13. The van der Waals surface area contributed by atoms with Crippen LogP contribution in [-0.2, 0) is 0 Å². The minimum Gasteiger partial charge on any atom is -0.352 e. The second-order valence-electron chi connectivity index (χ2n) is 4.38. The molecule has 1 fully saturated rings. The van der Waals surface area contributed by atoms with Crippen LogP contribution in [0, 0.1) is 0 Å². The Bertz CT molecular complexity index is 299. The standard InChI is InChI=1S/C13H21N3/c1-2-8-14-11-12-6-5-10-16(12)13-7-3-4-9-15-13/h3-4,7,9,12,14H,2,5-6,8,10-11H2,1H3. The van der Waals surface area contributed by atoms with E-state index in [1.807, 2.05) is 12.3 Å². The van der Waals surface area contributed by atoms with Crippen LogP contribution in [0.3, 0.4) is 0 Å². The van der Waals surface area contributed by atoms with Gasteiger partial charge < -0.3 is 10.2 Å². The maximum atomic E-state index is 4.44. The SMILES string of the molecule is CCCNCC1CCCN1c1ccccn1. The molecule has 0 aliphatic carbocycles. The highest BCUT2D eigenvalue weighted by molar-refractivity contribution is 5.40. The lowest BCUT2D eigenvalue weighted by Gasteiger charge is -2.25. The molecule has 1 saturated heterocycles. The second-order valence-corrected chi connectivity index (χ2v) is 4.38. The number of nitrogens with zero attached hydrogens (tertiary/aromatic N) is 2. The molecule has 0 amide bonds. The van der Waals surface area contributed by atoms with Crippen molar-refractivity contribution in [2.45, 2.75) is 32.2 Å². The molecule has 0 spiro atoms. The van der Waals surface area contributed by atoms with Gasteiger partial charge >= 0.3 is 0 Å². The van der Waals surface area contributed by atoms with E-state index in [-0.39, 0.29) is 0 Å². The molecule has 1 atom stereocenters. The Labute approximate surface area is 97.9 Å². The molecular formula is C13H21N3. The molecule has 88 valence electrons. The average molecular weight is 219 g/mol. The molecule has 0 radical (unpaired) electrons. The topological polar surface area (TPSA) is 28.2 Å². The lowest BCUT2D eigenvalue weighted by molar-refractivity contribution is 0.568. The number of hydrogen-bond acceptors (Lipinski definition) is 3. The van der Waals surface area contributed by atoms with E-state index in [1.54, 1.807) is 0 Å². The van der Waals surface area contributed by atoms with E-state index in [4.69, 9.17) is 0 Å². The number of nitrogens with one attached hydrogen (secondary N) is 1. The molecule has 1 aromatic heterocycles. The van der Waals surface area contributed by atoms with Crippen molar-refractivity contribution in [1.29, 1.82) is 0 Å². The fraction of sp³-hybridized carbons (Fsp3) is 0.615. The van der Waals surface area contributed by atoms with Crippen molar-refractivity contribution in [3.63, 3.8) is 0 Å². The summed E-state index contributed by atoms with van der Waals surface area (Å²) in [6, 6.07) is 6.78. The largest absolute Gasteiger partial charge is 0.352 e. The summed E-state index contributed by atoms with van der Waals surface area (Å²) in [5.41, 5.74) is 0.